The molecule has 0 bridgehead atoms. The Morgan fingerprint density at radius 2 is 2.10 bits per heavy atom. The first-order chi connectivity index (χ1) is 10.1. The van der Waals surface area contributed by atoms with Gasteiger partial charge in [0.2, 0.25) is 0 Å². The van der Waals surface area contributed by atoms with Gasteiger partial charge in [-0.1, -0.05) is 12.1 Å². The first-order valence-corrected chi connectivity index (χ1v) is 7.50. The Morgan fingerprint density at radius 1 is 1.38 bits per heavy atom. The molecule has 5 heteroatoms. The average Bonchev–Trinajstić information content (AvgIpc) is 2.54. The van der Waals surface area contributed by atoms with Crippen LogP contribution in [0.25, 0.3) is 0 Å². The Balaban J connectivity index is 1.98. The first kappa shape index (κ1) is 15.8. The molecule has 5 nitrogen and oxygen atoms in total. The van der Waals surface area contributed by atoms with E-state index in [9.17, 15) is 4.79 Å². The van der Waals surface area contributed by atoms with E-state index in [-0.39, 0.29) is 18.1 Å². The van der Waals surface area contributed by atoms with Crippen LogP contribution in [-0.4, -0.2) is 44.3 Å². The van der Waals surface area contributed by atoms with E-state index < -0.39 is 0 Å². The molecule has 1 atom stereocenters. The van der Waals surface area contributed by atoms with E-state index in [0.29, 0.717) is 0 Å². The molecule has 1 fully saturated rings. The molecule has 1 aromatic carbocycles. The van der Waals surface area contributed by atoms with Gasteiger partial charge in [0.15, 0.2) is 0 Å². The first-order valence-electron chi connectivity index (χ1n) is 7.50. The molecule has 1 aliphatic heterocycles. The Hall–Kier alpha value is -1.59. The normalized spacial score (nSPS) is 17.3. The minimum absolute atomic E-state index is 0.0591. The number of amides is 2. The summed E-state index contributed by atoms with van der Waals surface area (Å²) in [5, 5.41) is 6.18. The number of ether oxygens (including phenoxy) is 1. The molecule has 1 heterocycles. The van der Waals surface area contributed by atoms with Gasteiger partial charge in [0.05, 0.1) is 0 Å². The molecule has 2 amide bonds. The SMILES string of the molecule is CNC(C)c1cccc(NC(=O)N(C)C2CCOCC2)c1. The van der Waals surface area contributed by atoms with Gasteiger partial charge in [-0.15, -0.1) is 0 Å². The zero-order valence-corrected chi connectivity index (χ0v) is 13.1. The van der Waals surface area contributed by atoms with Crippen molar-refractivity contribution in [1.29, 1.82) is 0 Å². The average molecular weight is 291 g/mol. The number of carbonyl (C=O) groups excluding carboxylic acids is 1. The summed E-state index contributed by atoms with van der Waals surface area (Å²) in [4.78, 5) is 14.1. The standard InChI is InChI=1S/C16H25N3O2/c1-12(17-2)13-5-4-6-14(11-13)18-16(20)19(3)15-7-9-21-10-8-15/h4-6,11-12,15,17H,7-10H2,1-3H3,(H,18,20). The molecule has 0 spiro atoms. The lowest BCUT2D eigenvalue weighted by atomic mass is 10.1. The maximum absolute atomic E-state index is 12.3. The number of nitrogens with zero attached hydrogens (tertiary/aromatic N) is 1. The Kier molecular flexibility index (Phi) is 5.59. The van der Waals surface area contributed by atoms with Crippen LogP contribution in [0.4, 0.5) is 10.5 Å². The van der Waals surface area contributed by atoms with E-state index in [4.69, 9.17) is 4.74 Å². The molecule has 1 saturated heterocycles. The number of benzene rings is 1. The molecule has 1 unspecified atom stereocenters. The number of rotatable bonds is 4. The highest BCUT2D eigenvalue weighted by Crippen LogP contribution is 2.18. The number of hydrogen-bond acceptors (Lipinski definition) is 3. The second-order valence-corrected chi connectivity index (χ2v) is 5.52. The summed E-state index contributed by atoms with van der Waals surface area (Å²) in [7, 11) is 3.78. The van der Waals surface area contributed by atoms with Crippen molar-refractivity contribution < 1.29 is 9.53 Å². The molecular weight excluding hydrogens is 266 g/mol. The van der Waals surface area contributed by atoms with E-state index in [1.165, 1.54) is 0 Å². The summed E-state index contributed by atoms with van der Waals surface area (Å²) in [6, 6.07) is 8.41. The lowest BCUT2D eigenvalue weighted by Crippen LogP contribution is -2.42. The summed E-state index contributed by atoms with van der Waals surface area (Å²) in [5.74, 6) is 0. The number of hydrogen-bond donors (Lipinski definition) is 2. The second-order valence-electron chi connectivity index (χ2n) is 5.52. The predicted molar refractivity (Wildman–Crippen MR) is 84.5 cm³/mol. The van der Waals surface area contributed by atoms with Crippen molar-refractivity contribution in [1.82, 2.24) is 10.2 Å². The van der Waals surface area contributed by atoms with Crippen molar-refractivity contribution >= 4 is 11.7 Å². The third-order valence-electron chi connectivity index (χ3n) is 4.13. The summed E-state index contributed by atoms with van der Waals surface area (Å²) in [5.41, 5.74) is 1.99. The lowest BCUT2D eigenvalue weighted by Gasteiger charge is -2.31. The zero-order chi connectivity index (χ0) is 15.2. The summed E-state index contributed by atoms with van der Waals surface area (Å²) in [6.07, 6.45) is 1.81. The molecule has 2 rings (SSSR count). The van der Waals surface area contributed by atoms with Crippen LogP contribution in [0.2, 0.25) is 0 Å². The van der Waals surface area contributed by atoms with E-state index in [0.717, 1.165) is 37.3 Å². The van der Waals surface area contributed by atoms with E-state index >= 15 is 0 Å². The fourth-order valence-corrected chi connectivity index (χ4v) is 2.50. The zero-order valence-electron chi connectivity index (χ0n) is 13.1. The largest absolute Gasteiger partial charge is 0.381 e. The Morgan fingerprint density at radius 3 is 2.76 bits per heavy atom. The number of carbonyl (C=O) groups is 1. The van der Waals surface area contributed by atoms with Crippen LogP contribution in [0, 0.1) is 0 Å². The molecule has 0 aliphatic carbocycles. The van der Waals surface area contributed by atoms with Gasteiger partial charge >= 0.3 is 6.03 Å². The maximum Gasteiger partial charge on any atom is 0.321 e. The monoisotopic (exact) mass is 291 g/mol. The van der Waals surface area contributed by atoms with Crippen LogP contribution in [0.3, 0.4) is 0 Å². The van der Waals surface area contributed by atoms with E-state index in [2.05, 4.69) is 23.6 Å². The summed E-state index contributed by atoms with van der Waals surface area (Å²) in [6.45, 7) is 3.56. The molecule has 1 aliphatic rings. The van der Waals surface area contributed by atoms with Gasteiger partial charge in [0.1, 0.15) is 0 Å². The Bertz CT molecular complexity index is 472. The van der Waals surface area contributed by atoms with E-state index in [1.807, 2.05) is 32.3 Å². The van der Waals surface area contributed by atoms with Crippen molar-refractivity contribution in [2.24, 2.45) is 0 Å². The van der Waals surface area contributed by atoms with Gasteiger partial charge in [-0.25, -0.2) is 4.79 Å². The molecule has 116 valence electrons. The van der Waals surface area contributed by atoms with Crippen molar-refractivity contribution in [3.8, 4) is 0 Å². The van der Waals surface area contributed by atoms with Crippen molar-refractivity contribution in [3.63, 3.8) is 0 Å². The molecule has 0 radical (unpaired) electrons. The highest BCUT2D eigenvalue weighted by Gasteiger charge is 2.22. The molecular formula is C16H25N3O2. The van der Waals surface area contributed by atoms with Crippen molar-refractivity contribution in [2.45, 2.75) is 31.8 Å². The Labute approximate surface area is 126 Å². The molecule has 21 heavy (non-hydrogen) atoms. The summed E-state index contributed by atoms with van der Waals surface area (Å²) >= 11 is 0. The maximum atomic E-state index is 12.3. The van der Waals surface area contributed by atoms with Crippen LogP contribution in [0.5, 0.6) is 0 Å². The lowest BCUT2D eigenvalue weighted by molar-refractivity contribution is 0.0544. The topological polar surface area (TPSA) is 53.6 Å². The fraction of sp³-hybridized carbons (Fsp3) is 0.562. The third kappa shape index (κ3) is 4.19. The highest BCUT2D eigenvalue weighted by molar-refractivity contribution is 5.89. The van der Waals surface area contributed by atoms with Crippen molar-refractivity contribution in [3.05, 3.63) is 29.8 Å². The van der Waals surface area contributed by atoms with Crippen LogP contribution >= 0.6 is 0 Å². The van der Waals surface area contributed by atoms with Crippen LogP contribution in [0.1, 0.15) is 31.4 Å². The summed E-state index contributed by atoms with van der Waals surface area (Å²) < 4.78 is 5.34. The number of urea groups is 1. The van der Waals surface area contributed by atoms with Gasteiger partial charge in [0, 0.05) is 38.0 Å². The molecule has 1 aromatic rings. The van der Waals surface area contributed by atoms with Gasteiger partial charge in [-0.2, -0.15) is 0 Å². The quantitative estimate of drug-likeness (QED) is 0.896. The number of anilines is 1. The van der Waals surface area contributed by atoms with Crippen molar-refractivity contribution in [2.75, 3.05) is 32.6 Å². The van der Waals surface area contributed by atoms with Gasteiger partial charge in [-0.05, 0) is 44.5 Å². The molecule has 0 aromatic heterocycles. The smallest absolute Gasteiger partial charge is 0.321 e. The van der Waals surface area contributed by atoms with Crippen LogP contribution in [-0.2, 0) is 4.74 Å². The van der Waals surface area contributed by atoms with Gasteiger partial charge < -0.3 is 20.3 Å². The minimum atomic E-state index is -0.0591. The fourth-order valence-electron chi connectivity index (χ4n) is 2.50. The van der Waals surface area contributed by atoms with Crippen LogP contribution in [0.15, 0.2) is 24.3 Å². The van der Waals surface area contributed by atoms with Gasteiger partial charge in [-0.3, -0.25) is 0 Å². The second kappa shape index (κ2) is 7.43. The van der Waals surface area contributed by atoms with E-state index in [1.54, 1.807) is 4.90 Å². The highest BCUT2D eigenvalue weighted by atomic mass is 16.5. The number of nitrogens with one attached hydrogen (secondary N) is 2. The molecule has 2 N–H and O–H groups in total. The minimum Gasteiger partial charge on any atom is -0.381 e. The third-order valence-corrected chi connectivity index (χ3v) is 4.13. The van der Waals surface area contributed by atoms with Gasteiger partial charge in [0.25, 0.3) is 0 Å². The predicted octanol–water partition coefficient (Wildman–Crippen LogP) is 2.61. The molecule has 0 saturated carbocycles. The van der Waals surface area contributed by atoms with Crippen LogP contribution < -0.4 is 10.6 Å².